The smallest absolute Gasteiger partial charge is 0.416 e. The molecule has 22 heavy (non-hydrogen) atoms. The van der Waals surface area contributed by atoms with Crippen LogP contribution in [0.4, 0.5) is 18.0 Å². The fourth-order valence-electron chi connectivity index (χ4n) is 2.64. The number of rotatable bonds is 3. The summed E-state index contributed by atoms with van der Waals surface area (Å²) in [6.45, 7) is 0. The highest BCUT2D eigenvalue weighted by Gasteiger charge is 2.31. The molecule has 1 amide bonds. The second-order valence-electron chi connectivity index (χ2n) is 5.47. The van der Waals surface area contributed by atoms with Gasteiger partial charge in [-0.15, -0.1) is 11.8 Å². The van der Waals surface area contributed by atoms with Gasteiger partial charge in [-0.05, 0) is 43.9 Å². The maximum absolute atomic E-state index is 12.7. The molecule has 2 rings (SSSR count). The molecule has 0 atom stereocenters. The van der Waals surface area contributed by atoms with Gasteiger partial charge in [0.2, 0.25) is 0 Å². The fraction of sp³-hybridized carbons (Fsp3) is 0.533. The van der Waals surface area contributed by atoms with E-state index in [9.17, 15) is 18.0 Å². The average molecular weight is 333 g/mol. The minimum atomic E-state index is -4.32. The predicted molar refractivity (Wildman–Crippen MR) is 79.1 cm³/mol. The van der Waals surface area contributed by atoms with E-state index in [1.54, 1.807) is 13.1 Å². The number of thioether (sulfide) groups is 1. The van der Waals surface area contributed by atoms with Crippen molar-refractivity contribution in [2.24, 2.45) is 0 Å². The van der Waals surface area contributed by atoms with Crippen LogP contribution in [-0.2, 0) is 6.18 Å². The number of hydrogen-bond acceptors (Lipinski definition) is 2. The lowest BCUT2D eigenvalue weighted by Gasteiger charge is -2.32. The molecule has 3 nitrogen and oxygen atoms in total. The van der Waals surface area contributed by atoms with E-state index in [1.165, 1.54) is 28.8 Å². The van der Waals surface area contributed by atoms with Gasteiger partial charge >= 0.3 is 12.3 Å². The molecule has 1 saturated carbocycles. The van der Waals surface area contributed by atoms with Crippen molar-refractivity contribution in [1.29, 1.82) is 0 Å². The van der Waals surface area contributed by atoms with Crippen LogP contribution in [0.3, 0.4) is 0 Å². The Labute approximate surface area is 131 Å². The zero-order valence-electron chi connectivity index (χ0n) is 12.1. The molecule has 1 N–H and O–H groups in total. The molecule has 0 radical (unpaired) electrons. The Bertz CT molecular complexity index is 528. The number of benzene rings is 1. The number of hydrogen-bond donors (Lipinski definition) is 1. The summed E-state index contributed by atoms with van der Waals surface area (Å²) in [7, 11) is 1.56. The van der Waals surface area contributed by atoms with Crippen molar-refractivity contribution in [3.05, 3.63) is 29.8 Å². The summed E-state index contributed by atoms with van der Waals surface area (Å²) in [5, 5.41) is 9.19. The number of nitrogens with zero attached hydrogens (tertiary/aromatic N) is 1. The van der Waals surface area contributed by atoms with Gasteiger partial charge in [-0.1, -0.05) is 6.07 Å². The van der Waals surface area contributed by atoms with Crippen LogP contribution >= 0.6 is 11.8 Å². The summed E-state index contributed by atoms with van der Waals surface area (Å²) >= 11 is 1.45. The van der Waals surface area contributed by atoms with Gasteiger partial charge in [-0.3, -0.25) is 0 Å². The standard InChI is InChI=1S/C15H18F3NO2S/c1-19(14(20)21)11-5-7-12(8-6-11)22-13-4-2-3-10(9-13)15(16,17)18/h2-4,9,11-12H,5-8H2,1H3,(H,20,21). The monoisotopic (exact) mass is 333 g/mol. The van der Waals surface area contributed by atoms with Crippen LogP contribution in [0.25, 0.3) is 0 Å². The van der Waals surface area contributed by atoms with E-state index in [1.807, 2.05) is 0 Å². The highest BCUT2D eigenvalue weighted by molar-refractivity contribution is 8.00. The highest BCUT2D eigenvalue weighted by Crippen LogP contribution is 2.37. The van der Waals surface area contributed by atoms with Crippen molar-refractivity contribution in [1.82, 2.24) is 4.90 Å². The Morgan fingerprint density at radius 2 is 1.91 bits per heavy atom. The Morgan fingerprint density at radius 3 is 2.45 bits per heavy atom. The summed E-state index contributed by atoms with van der Waals surface area (Å²) in [5.74, 6) is 0. The minimum absolute atomic E-state index is 0.0101. The molecule has 1 aliphatic rings. The van der Waals surface area contributed by atoms with Crippen molar-refractivity contribution < 1.29 is 23.1 Å². The van der Waals surface area contributed by atoms with Crippen LogP contribution in [0.5, 0.6) is 0 Å². The lowest BCUT2D eigenvalue weighted by molar-refractivity contribution is -0.137. The highest BCUT2D eigenvalue weighted by atomic mass is 32.2. The summed E-state index contributed by atoms with van der Waals surface area (Å²) in [5.41, 5.74) is -0.628. The van der Waals surface area contributed by atoms with Crippen molar-refractivity contribution in [3.63, 3.8) is 0 Å². The van der Waals surface area contributed by atoms with Crippen LogP contribution in [0.15, 0.2) is 29.2 Å². The number of carboxylic acid groups (broad SMARTS) is 1. The third kappa shape index (κ3) is 4.32. The molecule has 7 heteroatoms. The molecule has 0 aromatic heterocycles. The first-order chi connectivity index (χ1) is 10.3. The first kappa shape index (κ1) is 17.0. The Kier molecular flexibility index (Phi) is 5.26. The van der Waals surface area contributed by atoms with Crippen molar-refractivity contribution >= 4 is 17.9 Å². The van der Waals surface area contributed by atoms with Gasteiger partial charge in [-0.25, -0.2) is 4.79 Å². The first-order valence-corrected chi connectivity index (χ1v) is 7.95. The lowest BCUT2D eigenvalue weighted by atomic mass is 9.94. The average Bonchev–Trinajstić information content (AvgIpc) is 2.46. The molecule has 0 spiro atoms. The van der Waals surface area contributed by atoms with Gasteiger partial charge in [-0.2, -0.15) is 13.2 Å². The molecule has 0 bridgehead atoms. The molecule has 1 aromatic rings. The largest absolute Gasteiger partial charge is 0.465 e. The molecule has 1 aliphatic carbocycles. The topological polar surface area (TPSA) is 40.5 Å². The molecule has 1 fully saturated rings. The van der Waals surface area contributed by atoms with E-state index in [0.29, 0.717) is 4.90 Å². The van der Waals surface area contributed by atoms with Crippen LogP contribution in [0.2, 0.25) is 0 Å². The summed E-state index contributed by atoms with van der Waals surface area (Å²) < 4.78 is 38.1. The summed E-state index contributed by atoms with van der Waals surface area (Å²) in [6, 6.07) is 5.38. The SMILES string of the molecule is CN(C(=O)O)C1CCC(Sc2cccc(C(F)(F)F)c2)CC1. The van der Waals surface area contributed by atoms with Gasteiger partial charge in [0.25, 0.3) is 0 Å². The number of alkyl halides is 3. The maximum Gasteiger partial charge on any atom is 0.416 e. The van der Waals surface area contributed by atoms with Crippen LogP contribution in [0, 0.1) is 0 Å². The van der Waals surface area contributed by atoms with E-state index in [2.05, 4.69) is 0 Å². The van der Waals surface area contributed by atoms with Gasteiger partial charge in [0.1, 0.15) is 0 Å². The second kappa shape index (κ2) is 6.81. The van der Waals surface area contributed by atoms with Gasteiger partial charge in [0.05, 0.1) is 5.56 Å². The van der Waals surface area contributed by atoms with Crippen molar-refractivity contribution in [2.75, 3.05) is 7.05 Å². The molecule has 0 heterocycles. The van der Waals surface area contributed by atoms with E-state index in [4.69, 9.17) is 5.11 Å². The molecule has 1 aromatic carbocycles. The first-order valence-electron chi connectivity index (χ1n) is 7.07. The van der Waals surface area contributed by atoms with E-state index < -0.39 is 17.8 Å². The lowest BCUT2D eigenvalue weighted by Crippen LogP contribution is -2.39. The molecule has 0 saturated heterocycles. The fourth-order valence-corrected chi connectivity index (χ4v) is 3.89. The minimum Gasteiger partial charge on any atom is -0.465 e. The molecule has 0 unspecified atom stereocenters. The van der Waals surface area contributed by atoms with Crippen LogP contribution in [-0.4, -0.2) is 34.4 Å². The molecule has 0 aliphatic heterocycles. The Hall–Kier alpha value is -1.37. The number of carbonyl (C=O) groups is 1. The maximum atomic E-state index is 12.7. The Balaban J connectivity index is 1.93. The number of amides is 1. The van der Waals surface area contributed by atoms with Gasteiger partial charge < -0.3 is 10.0 Å². The van der Waals surface area contributed by atoms with E-state index in [-0.39, 0.29) is 11.3 Å². The normalized spacial score (nSPS) is 22.4. The third-order valence-corrected chi connectivity index (χ3v) is 5.29. The third-order valence-electron chi connectivity index (χ3n) is 3.96. The van der Waals surface area contributed by atoms with Crippen LogP contribution < -0.4 is 0 Å². The van der Waals surface area contributed by atoms with E-state index in [0.717, 1.165) is 31.7 Å². The zero-order chi connectivity index (χ0) is 16.3. The van der Waals surface area contributed by atoms with E-state index >= 15 is 0 Å². The van der Waals surface area contributed by atoms with Gasteiger partial charge in [0.15, 0.2) is 0 Å². The molecule has 122 valence electrons. The predicted octanol–water partition coefficient (Wildman–Crippen LogP) is 4.72. The molecular formula is C15H18F3NO2S. The summed E-state index contributed by atoms with van der Waals surface area (Å²) in [6.07, 6.45) is -2.14. The second-order valence-corrected chi connectivity index (χ2v) is 6.84. The van der Waals surface area contributed by atoms with Crippen molar-refractivity contribution in [2.45, 2.75) is 48.0 Å². The summed E-state index contributed by atoms with van der Waals surface area (Å²) in [4.78, 5) is 12.9. The zero-order valence-corrected chi connectivity index (χ0v) is 13.0. The number of halogens is 3. The van der Waals surface area contributed by atoms with Crippen molar-refractivity contribution in [3.8, 4) is 0 Å². The quantitative estimate of drug-likeness (QED) is 0.870. The molecular weight excluding hydrogens is 315 g/mol. The van der Waals surface area contributed by atoms with Gasteiger partial charge in [0, 0.05) is 23.2 Å². The Morgan fingerprint density at radius 1 is 1.27 bits per heavy atom. The van der Waals surface area contributed by atoms with Crippen LogP contribution in [0.1, 0.15) is 31.2 Å².